The minimum absolute atomic E-state index is 0.0320. The van der Waals surface area contributed by atoms with Gasteiger partial charge in [-0.25, -0.2) is 0 Å². The molecule has 1 amide bonds. The lowest BCUT2D eigenvalue weighted by Gasteiger charge is -2.26. The van der Waals surface area contributed by atoms with Crippen LogP contribution in [-0.2, 0) is 9.59 Å². The highest BCUT2D eigenvalue weighted by Gasteiger charge is 2.19. The Hall–Kier alpha value is -1.10. The molecule has 0 aromatic carbocycles. The third-order valence-electron chi connectivity index (χ3n) is 2.24. The van der Waals surface area contributed by atoms with Crippen molar-refractivity contribution in [1.29, 1.82) is 0 Å². The van der Waals surface area contributed by atoms with Gasteiger partial charge in [-0.3, -0.25) is 9.59 Å². The maximum Gasteiger partial charge on any atom is 0.323 e. The number of rotatable bonds is 6. The first-order valence-corrected chi connectivity index (χ1v) is 5.90. The topological polar surface area (TPSA) is 69.6 Å². The molecule has 0 bridgehead atoms. The van der Waals surface area contributed by atoms with Crippen LogP contribution in [0.3, 0.4) is 0 Å². The number of carbonyl (C=O) groups is 2. The highest BCUT2D eigenvalue weighted by atomic mass is 16.4. The van der Waals surface area contributed by atoms with Crippen LogP contribution in [0.4, 0.5) is 0 Å². The predicted molar refractivity (Wildman–Crippen MR) is 66.9 cm³/mol. The van der Waals surface area contributed by atoms with Gasteiger partial charge in [-0.1, -0.05) is 0 Å². The van der Waals surface area contributed by atoms with Crippen molar-refractivity contribution in [1.82, 2.24) is 10.2 Å². The molecule has 0 aliphatic heterocycles. The largest absolute Gasteiger partial charge is 0.480 e. The molecule has 0 radical (unpaired) electrons. The molecule has 5 heteroatoms. The zero-order chi connectivity index (χ0) is 13.6. The van der Waals surface area contributed by atoms with E-state index >= 15 is 0 Å². The van der Waals surface area contributed by atoms with Crippen LogP contribution in [0.25, 0.3) is 0 Å². The summed E-state index contributed by atoms with van der Waals surface area (Å²) in [6, 6.07) is -0.0896. The second-order valence-corrected chi connectivity index (χ2v) is 5.44. The van der Waals surface area contributed by atoms with E-state index in [9.17, 15) is 9.59 Å². The van der Waals surface area contributed by atoms with Crippen LogP contribution in [0.2, 0.25) is 0 Å². The zero-order valence-electron chi connectivity index (χ0n) is 11.4. The fourth-order valence-corrected chi connectivity index (χ4v) is 1.39. The first kappa shape index (κ1) is 15.9. The summed E-state index contributed by atoms with van der Waals surface area (Å²) < 4.78 is 0. The number of hydrogen-bond donors (Lipinski definition) is 2. The maximum absolute atomic E-state index is 11.8. The molecule has 0 saturated heterocycles. The molecule has 0 aliphatic rings. The highest BCUT2D eigenvalue weighted by Crippen LogP contribution is 2.03. The van der Waals surface area contributed by atoms with E-state index in [2.05, 4.69) is 5.32 Å². The van der Waals surface area contributed by atoms with Crippen LogP contribution in [-0.4, -0.2) is 46.6 Å². The summed E-state index contributed by atoms with van der Waals surface area (Å²) >= 11 is 0. The SMILES string of the molecule is CC(C)N(CC(=O)O)C(=O)CCNC(C)(C)C. The van der Waals surface area contributed by atoms with Gasteiger partial charge < -0.3 is 15.3 Å². The summed E-state index contributed by atoms with van der Waals surface area (Å²) in [5, 5.41) is 11.9. The molecule has 0 fully saturated rings. The van der Waals surface area contributed by atoms with E-state index < -0.39 is 5.97 Å². The Balaban J connectivity index is 4.20. The Morgan fingerprint density at radius 3 is 2.18 bits per heavy atom. The summed E-state index contributed by atoms with van der Waals surface area (Å²) in [6.07, 6.45) is 0.322. The average molecular weight is 244 g/mol. The molecular weight excluding hydrogens is 220 g/mol. The second-order valence-electron chi connectivity index (χ2n) is 5.44. The van der Waals surface area contributed by atoms with Gasteiger partial charge in [-0.15, -0.1) is 0 Å². The maximum atomic E-state index is 11.8. The van der Waals surface area contributed by atoms with Crippen molar-refractivity contribution < 1.29 is 14.7 Å². The fourth-order valence-electron chi connectivity index (χ4n) is 1.39. The number of nitrogens with zero attached hydrogens (tertiary/aromatic N) is 1. The Morgan fingerprint density at radius 2 is 1.82 bits per heavy atom. The number of amides is 1. The van der Waals surface area contributed by atoms with Gasteiger partial charge >= 0.3 is 5.97 Å². The van der Waals surface area contributed by atoms with E-state index in [1.807, 2.05) is 34.6 Å². The van der Waals surface area contributed by atoms with Crippen molar-refractivity contribution in [2.75, 3.05) is 13.1 Å². The molecule has 2 N–H and O–H groups in total. The molecule has 0 aromatic heterocycles. The summed E-state index contributed by atoms with van der Waals surface area (Å²) in [6.45, 7) is 10.0. The van der Waals surface area contributed by atoms with Crippen LogP contribution in [0, 0.1) is 0 Å². The normalized spacial score (nSPS) is 11.6. The van der Waals surface area contributed by atoms with Crippen molar-refractivity contribution in [3.05, 3.63) is 0 Å². The third-order valence-corrected chi connectivity index (χ3v) is 2.24. The summed E-state index contributed by atoms with van der Waals surface area (Å²) in [5.41, 5.74) is -0.0320. The Morgan fingerprint density at radius 1 is 1.29 bits per heavy atom. The summed E-state index contributed by atoms with van der Waals surface area (Å²) in [5.74, 6) is -1.10. The lowest BCUT2D eigenvalue weighted by molar-refractivity contribution is -0.145. The van der Waals surface area contributed by atoms with Gasteiger partial charge in [0.2, 0.25) is 5.91 Å². The smallest absolute Gasteiger partial charge is 0.323 e. The van der Waals surface area contributed by atoms with Gasteiger partial charge in [0.1, 0.15) is 6.54 Å². The monoisotopic (exact) mass is 244 g/mol. The van der Waals surface area contributed by atoms with Crippen LogP contribution in [0.15, 0.2) is 0 Å². The molecule has 0 aliphatic carbocycles. The van der Waals surface area contributed by atoms with E-state index in [-0.39, 0.29) is 24.0 Å². The lowest BCUT2D eigenvalue weighted by atomic mass is 10.1. The molecule has 0 heterocycles. The molecular formula is C12H24N2O3. The van der Waals surface area contributed by atoms with E-state index in [1.54, 1.807) is 0 Å². The molecule has 0 saturated carbocycles. The Bertz CT molecular complexity index is 269. The highest BCUT2D eigenvalue weighted by molar-refractivity contribution is 5.81. The molecule has 5 nitrogen and oxygen atoms in total. The minimum Gasteiger partial charge on any atom is -0.480 e. The molecule has 100 valence electrons. The summed E-state index contributed by atoms with van der Waals surface area (Å²) in [4.78, 5) is 23.9. The fraction of sp³-hybridized carbons (Fsp3) is 0.833. The van der Waals surface area contributed by atoms with Gasteiger partial charge in [0.05, 0.1) is 0 Å². The molecule has 17 heavy (non-hydrogen) atoms. The van der Waals surface area contributed by atoms with Crippen molar-refractivity contribution in [3.63, 3.8) is 0 Å². The standard InChI is InChI=1S/C12H24N2O3/c1-9(2)14(8-11(16)17)10(15)6-7-13-12(3,4)5/h9,13H,6-8H2,1-5H3,(H,16,17). The van der Waals surface area contributed by atoms with E-state index in [4.69, 9.17) is 5.11 Å². The van der Waals surface area contributed by atoms with Gasteiger partial charge in [0.25, 0.3) is 0 Å². The van der Waals surface area contributed by atoms with E-state index in [1.165, 1.54) is 4.90 Å². The summed E-state index contributed by atoms with van der Waals surface area (Å²) in [7, 11) is 0. The first-order chi connectivity index (χ1) is 7.63. The quantitative estimate of drug-likeness (QED) is 0.733. The molecule has 0 unspecified atom stereocenters. The third kappa shape index (κ3) is 7.74. The van der Waals surface area contributed by atoms with Gasteiger partial charge in [-0.05, 0) is 34.6 Å². The van der Waals surface area contributed by atoms with Crippen molar-refractivity contribution in [3.8, 4) is 0 Å². The minimum atomic E-state index is -0.976. The first-order valence-electron chi connectivity index (χ1n) is 5.90. The molecule has 0 spiro atoms. The van der Waals surface area contributed by atoms with Gasteiger partial charge in [0, 0.05) is 24.5 Å². The Labute approximate surface area is 103 Å². The molecule has 0 aromatic rings. The van der Waals surface area contributed by atoms with Crippen molar-refractivity contribution >= 4 is 11.9 Å². The van der Waals surface area contributed by atoms with Gasteiger partial charge in [0.15, 0.2) is 0 Å². The van der Waals surface area contributed by atoms with Crippen LogP contribution in [0.5, 0.6) is 0 Å². The number of carboxylic acid groups (broad SMARTS) is 1. The lowest BCUT2D eigenvalue weighted by Crippen LogP contribution is -2.43. The number of carboxylic acids is 1. The number of hydrogen-bond acceptors (Lipinski definition) is 3. The van der Waals surface area contributed by atoms with Crippen LogP contribution >= 0.6 is 0 Å². The van der Waals surface area contributed by atoms with Crippen LogP contribution in [0.1, 0.15) is 41.0 Å². The number of nitrogens with one attached hydrogen (secondary N) is 1. The number of carbonyl (C=O) groups excluding carboxylic acids is 1. The van der Waals surface area contributed by atoms with Gasteiger partial charge in [-0.2, -0.15) is 0 Å². The molecule has 0 rings (SSSR count). The molecule has 0 atom stereocenters. The van der Waals surface area contributed by atoms with E-state index in [0.29, 0.717) is 13.0 Å². The average Bonchev–Trinajstić information content (AvgIpc) is 2.11. The van der Waals surface area contributed by atoms with Crippen molar-refractivity contribution in [2.45, 2.75) is 52.6 Å². The Kier molecular flexibility index (Phi) is 6.16. The number of aliphatic carboxylic acids is 1. The van der Waals surface area contributed by atoms with Crippen LogP contribution < -0.4 is 5.32 Å². The predicted octanol–water partition coefficient (Wildman–Crippen LogP) is 1.09. The zero-order valence-corrected chi connectivity index (χ0v) is 11.4. The second kappa shape index (κ2) is 6.59. The van der Waals surface area contributed by atoms with Crippen molar-refractivity contribution in [2.24, 2.45) is 0 Å². The van der Waals surface area contributed by atoms with E-state index in [0.717, 1.165) is 0 Å².